The number of carbonyl (C=O) groups is 2. The third-order valence-corrected chi connectivity index (χ3v) is 13.8. The summed E-state index contributed by atoms with van der Waals surface area (Å²) in [6.45, 7) is 9.30. The second kappa shape index (κ2) is 9.33. The number of ether oxygens (including phenoxy) is 4. The fourth-order valence-corrected chi connectivity index (χ4v) is 12.3. The van der Waals surface area contributed by atoms with Crippen LogP contribution in [0.2, 0.25) is 0 Å². The number of benzene rings is 1. The molecule has 6 nitrogen and oxygen atoms in total. The molecular weight excluding hydrogens is 528 g/mol. The van der Waals surface area contributed by atoms with E-state index in [0.717, 1.165) is 56.1 Å². The molecule has 6 aliphatic carbocycles. The quantitative estimate of drug-likeness (QED) is 0.281. The average Bonchev–Trinajstić information content (AvgIpc) is 3.25. The van der Waals surface area contributed by atoms with Gasteiger partial charge in [-0.2, -0.15) is 0 Å². The average molecular weight is 577 g/mol. The van der Waals surface area contributed by atoms with Gasteiger partial charge in [0, 0.05) is 23.8 Å². The lowest BCUT2D eigenvalue weighted by atomic mass is 9.31. The van der Waals surface area contributed by atoms with Gasteiger partial charge in [0.05, 0.1) is 38.4 Å². The number of fused-ring (bicyclic) bond motifs is 1. The molecule has 0 amide bonds. The second-order valence-electron chi connectivity index (χ2n) is 15.3. The van der Waals surface area contributed by atoms with Crippen LogP contribution < -0.4 is 9.47 Å². The van der Waals surface area contributed by atoms with Crippen LogP contribution in [0.15, 0.2) is 23.8 Å². The van der Waals surface area contributed by atoms with Crippen molar-refractivity contribution in [2.75, 3.05) is 21.3 Å². The predicted octanol–water partition coefficient (Wildman–Crippen LogP) is 6.89. The summed E-state index contributed by atoms with van der Waals surface area (Å²) in [7, 11) is 4.84. The molecule has 6 heteroatoms. The van der Waals surface area contributed by atoms with Crippen molar-refractivity contribution in [3.8, 4) is 11.5 Å². The van der Waals surface area contributed by atoms with E-state index in [2.05, 4.69) is 33.8 Å². The highest BCUT2D eigenvalue weighted by atomic mass is 16.5. The van der Waals surface area contributed by atoms with Crippen molar-refractivity contribution in [3.05, 3.63) is 29.3 Å². The van der Waals surface area contributed by atoms with Gasteiger partial charge in [0.15, 0.2) is 17.3 Å². The van der Waals surface area contributed by atoms with Gasteiger partial charge in [-0.1, -0.05) is 39.3 Å². The molecule has 1 spiro atoms. The summed E-state index contributed by atoms with van der Waals surface area (Å²) >= 11 is 0. The lowest BCUT2D eigenvalue weighted by Crippen LogP contribution is -2.71. The van der Waals surface area contributed by atoms with Crippen molar-refractivity contribution in [2.45, 2.75) is 90.8 Å². The summed E-state index contributed by atoms with van der Waals surface area (Å²) in [6.07, 6.45) is 9.89. The van der Waals surface area contributed by atoms with Crippen molar-refractivity contribution >= 4 is 17.8 Å². The monoisotopic (exact) mass is 576 g/mol. The van der Waals surface area contributed by atoms with Crippen molar-refractivity contribution in [1.82, 2.24) is 0 Å². The van der Waals surface area contributed by atoms with Crippen molar-refractivity contribution in [2.24, 2.45) is 51.8 Å². The summed E-state index contributed by atoms with van der Waals surface area (Å²) in [5.74, 6) is 3.32. The number of rotatable bonds is 5. The third-order valence-electron chi connectivity index (χ3n) is 13.8. The molecule has 0 N–H and O–H groups in total. The fourth-order valence-electron chi connectivity index (χ4n) is 12.3. The number of hydrogen-bond donors (Lipinski definition) is 0. The number of carbonyl (C=O) groups excluding carboxylic acids is 2. The van der Waals surface area contributed by atoms with E-state index in [4.69, 9.17) is 18.9 Å². The highest BCUT2D eigenvalue weighted by Gasteiger charge is 2.79. The van der Waals surface area contributed by atoms with Gasteiger partial charge in [-0.3, -0.25) is 9.59 Å². The Morgan fingerprint density at radius 1 is 1.07 bits per heavy atom. The van der Waals surface area contributed by atoms with Crippen molar-refractivity contribution in [1.29, 1.82) is 0 Å². The van der Waals surface area contributed by atoms with E-state index < -0.39 is 5.41 Å². The predicted molar refractivity (Wildman–Crippen MR) is 160 cm³/mol. The van der Waals surface area contributed by atoms with Gasteiger partial charge in [-0.05, 0) is 97.7 Å². The van der Waals surface area contributed by atoms with E-state index in [1.807, 2.05) is 18.2 Å². The van der Waals surface area contributed by atoms with Gasteiger partial charge in [-0.15, -0.1) is 0 Å². The summed E-state index contributed by atoms with van der Waals surface area (Å²) in [6, 6.07) is 5.85. The lowest BCUT2D eigenvalue weighted by molar-refractivity contribution is -0.251. The largest absolute Gasteiger partial charge is 0.493 e. The van der Waals surface area contributed by atoms with Gasteiger partial charge < -0.3 is 18.9 Å². The minimum absolute atomic E-state index is 0.00323. The van der Waals surface area contributed by atoms with E-state index in [0.29, 0.717) is 41.5 Å². The maximum Gasteiger partial charge on any atom is 0.311 e. The summed E-state index contributed by atoms with van der Waals surface area (Å²) in [5.41, 5.74) is 1.01. The SMILES string of the molecule is COC(=O)[C@]1(C)CCC[C@]2(C)[C@H]3C[C@H]4[C@H]5[C@@H]6C/C(=C\c7cccc(OC)c7OC)C(=O)[C@H]5[C@@]3(CC[C@H]21)C[C@@]4(C(C)C)O6. The van der Waals surface area contributed by atoms with Crippen LogP contribution in [0.25, 0.3) is 6.08 Å². The first-order valence-corrected chi connectivity index (χ1v) is 16.2. The number of ketones is 1. The summed E-state index contributed by atoms with van der Waals surface area (Å²) in [4.78, 5) is 28.1. The van der Waals surface area contributed by atoms with E-state index in [1.165, 1.54) is 0 Å². The molecule has 0 radical (unpaired) electrons. The first-order chi connectivity index (χ1) is 20.0. The molecular formula is C36H48O6. The second-order valence-corrected chi connectivity index (χ2v) is 15.3. The van der Waals surface area contributed by atoms with Crippen LogP contribution in [-0.4, -0.2) is 44.8 Å². The Morgan fingerprint density at radius 2 is 1.86 bits per heavy atom. The maximum atomic E-state index is 14.9. The molecule has 42 heavy (non-hydrogen) atoms. The molecule has 1 aromatic carbocycles. The number of hydrogen-bond acceptors (Lipinski definition) is 6. The van der Waals surface area contributed by atoms with Gasteiger partial charge >= 0.3 is 5.97 Å². The van der Waals surface area contributed by atoms with Gasteiger partial charge in [0.1, 0.15) is 0 Å². The minimum atomic E-state index is -0.460. The third kappa shape index (κ3) is 3.36. The van der Waals surface area contributed by atoms with Crippen LogP contribution in [0, 0.1) is 51.8 Å². The van der Waals surface area contributed by atoms with Crippen LogP contribution in [0.5, 0.6) is 11.5 Å². The topological polar surface area (TPSA) is 71.1 Å². The Labute approximate surface area is 250 Å². The smallest absolute Gasteiger partial charge is 0.311 e. The van der Waals surface area contributed by atoms with Crippen LogP contribution in [0.4, 0.5) is 0 Å². The number of esters is 1. The van der Waals surface area contributed by atoms with Crippen LogP contribution >= 0.6 is 0 Å². The van der Waals surface area contributed by atoms with Gasteiger partial charge in [-0.25, -0.2) is 0 Å². The number of Topliss-reactive ketones (excluding diaryl/α,β-unsaturated/α-hetero) is 1. The molecule has 7 aliphatic rings. The minimum Gasteiger partial charge on any atom is -0.493 e. The van der Waals surface area contributed by atoms with Crippen LogP contribution in [0.3, 0.4) is 0 Å². The molecule has 1 aliphatic heterocycles. The van der Waals surface area contributed by atoms with Crippen LogP contribution in [-0.2, 0) is 19.1 Å². The van der Waals surface area contributed by atoms with Crippen molar-refractivity contribution in [3.63, 3.8) is 0 Å². The molecule has 228 valence electrons. The first kappa shape index (κ1) is 28.4. The number of methoxy groups -OCH3 is 3. The molecule has 1 saturated heterocycles. The molecule has 0 unspecified atom stereocenters. The highest BCUT2D eigenvalue weighted by molar-refractivity contribution is 6.03. The van der Waals surface area contributed by atoms with E-state index in [9.17, 15) is 9.59 Å². The normalized spacial score (nSPS) is 45.9. The summed E-state index contributed by atoms with van der Waals surface area (Å²) < 4.78 is 24.0. The molecule has 1 aromatic rings. The zero-order chi connectivity index (χ0) is 29.8. The zero-order valence-corrected chi connectivity index (χ0v) is 26.5. The fraction of sp³-hybridized carbons (Fsp3) is 0.722. The molecule has 1 heterocycles. The Bertz CT molecular complexity index is 1350. The first-order valence-electron chi connectivity index (χ1n) is 16.2. The molecule has 7 fully saturated rings. The Balaban J connectivity index is 1.35. The summed E-state index contributed by atoms with van der Waals surface area (Å²) in [5, 5.41) is 0. The van der Waals surface area contributed by atoms with E-state index >= 15 is 0 Å². The zero-order valence-electron chi connectivity index (χ0n) is 26.5. The van der Waals surface area contributed by atoms with E-state index in [-0.39, 0.29) is 46.3 Å². The maximum absolute atomic E-state index is 14.9. The molecule has 10 atom stereocenters. The standard InChI is InChI=1S/C36H48O6/c1-20(2)36-19-35-15-12-26-33(3,13-9-14-34(26,4)32(38)41-7)27(35)18-23(36)28-25(42-36)17-22(30(37)29(28)35)16-21-10-8-11-24(39-5)31(21)40-6/h8,10-11,16,20,23,25-29H,9,12-15,17-19H2,1-7H3/b22-16+/t23-,25-,26+,27+,28-,29-,33-,34+,35-,36-/m0/s1. The highest BCUT2D eigenvalue weighted by Crippen LogP contribution is 2.79. The molecule has 4 bridgehead atoms. The van der Waals surface area contributed by atoms with E-state index in [1.54, 1.807) is 21.3 Å². The molecule has 8 rings (SSSR count). The van der Waals surface area contributed by atoms with Crippen LogP contribution in [0.1, 0.15) is 84.6 Å². The Hall–Kier alpha value is -2.34. The van der Waals surface area contributed by atoms with Gasteiger partial charge in [0.25, 0.3) is 0 Å². The molecule has 6 saturated carbocycles. The van der Waals surface area contributed by atoms with Crippen molar-refractivity contribution < 1.29 is 28.5 Å². The Kier molecular flexibility index (Phi) is 6.32. The number of para-hydroxylation sites is 1. The van der Waals surface area contributed by atoms with Gasteiger partial charge in [0.2, 0.25) is 0 Å². The Morgan fingerprint density at radius 3 is 2.55 bits per heavy atom. The molecule has 0 aromatic heterocycles. The lowest BCUT2D eigenvalue weighted by Gasteiger charge is -2.72.